The van der Waals surface area contributed by atoms with E-state index in [2.05, 4.69) is 25.8 Å². The lowest BCUT2D eigenvalue weighted by atomic mass is 10.2. The number of halogens is 1. The van der Waals surface area contributed by atoms with Crippen LogP contribution < -0.4 is 5.73 Å². The Balaban J connectivity index is 2.90. The average Bonchev–Trinajstić information content (AvgIpc) is 1.96. The first-order valence-corrected chi connectivity index (χ1v) is 4.43. The molecular formula is C8H12BrN3. The number of nitrogen functional groups attached to an aromatic ring is 1. The molecule has 1 aromatic rings. The normalized spacial score (nSPS) is 10.7. The molecule has 0 aliphatic heterocycles. The summed E-state index contributed by atoms with van der Waals surface area (Å²) in [7, 11) is 4.00. The van der Waals surface area contributed by atoms with E-state index in [1.54, 1.807) is 6.20 Å². The number of hydrogen-bond donors (Lipinski definition) is 1. The minimum atomic E-state index is 0.604. The smallest absolute Gasteiger partial charge is 0.127 e. The third kappa shape index (κ3) is 2.46. The van der Waals surface area contributed by atoms with Gasteiger partial charge in [-0.2, -0.15) is 0 Å². The Hall–Kier alpha value is -0.610. The van der Waals surface area contributed by atoms with Crippen molar-refractivity contribution in [2.45, 2.75) is 6.54 Å². The lowest BCUT2D eigenvalue weighted by Crippen LogP contribution is -2.12. The van der Waals surface area contributed by atoms with Crippen molar-refractivity contribution in [3.05, 3.63) is 22.3 Å². The monoisotopic (exact) mass is 229 g/mol. The summed E-state index contributed by atoms with van der Waals surface area (Å²) < 4.78 is 0.966. The number of nitrogens with two attached hydrogens (primary N) is 1. The summed E-state index contributed by atoms with van der Waals surface area (Å²) in [4.78, 5) is 6.09. The van der Waals surface area contributed by atoms with Gasteiger partial charge in [-0.1, -0.05) is 0 Å². The number of nitrogens with zero attached hydrogens (tertiary/aromatic N) is 2. The van der Waals surface area contributed by atoms with Crippen LogP contribution in [0.1, 0.15) is 5.56 Å². The molecule has 1 rings (SSSR count). The summed E-state index contributed by atoms with van der Waals surface area (Å²) in [5, 5.41) is 0. The summed E-state index contributed by atoms with van der Waals surface area (Å²) in [6.45, 7) is 0.818. The second-order valence-corrected chi connectivity index (χ2v) is 3.85. The van der Waals surface area contributed by atoms with Gasteiger partial charge in [-0.15, -0.1) is 0 Å². The van der Waals surface area contributed by atoms with Gasteiger partial charge >= 0.3 is 0 Å². The number of anilines is 1. The lowest BCUT2D eigenvalue weighted by molar-refractivity contribution is 0.402. The molecule has 1 aromatic heterocycles. The van der Waals surface area contributed by atoms with Crippen molar-refractivity contribution in [1.29, 1.82) is 0 Å². The van der Waals surface area contributed by atoms with Gasteiger partial charge in [0.2, 0.25) is 0 Å². The number of aromatic nitrogens is 1. The van der Waals surface area contributed by atoms with Crippen molar-refractivity contribution >= 4 is 21.7 Å². The number of hydrogen-bond acceptors (Lipinski definition) is 3. The van der Waals surface area contributed by atoms with Crippen LogP contribution in [-0.4, -0.2) is 24.0 Å². The molecular weight excluding hydrogens is 218 g/mol. The van der Waals surface area contributed by atoms with Crippen LogP contribution in [0.2, 0.25) is 0 Å². The fourth-order valence-electron chi connectivity index (χ4n) is 0.959. The maximum absolute atomic E-state index is 5.68. The molecule has 0 aromatic carbocycles. The zero-order valence-electron chi connectivity index (χ0n) is 7.21. The summed E-state index contributed by atoms with van der Waals surface area (Å²) >= 11 is 3.35. The molecule has 0 spiro atoms. The van der Waals surface area contributed by atoms with E-state index in [4.69, 9.17) is 5.73 Å². The molecule has 0 saturated carbocycles. The zero-order valence-corrected chi connectivity index (χ0v) is 8.80. The Morgan fingerprint density at radius 3 is 2.83 bits per heavy atom. The van der Waals surface area contributed by atoms with Gasteiger partial charge in [-0.25, -0.2) is 4.98 Å². The topological polar surface area (TPSA) is 42.2 Å². The molecule has 0 aliphatic carbocycles. The molecule has 0 saturated heterocycles. The van der Waals surface area contributed by atoms with Gasteiger partial charge in [0, 0.05) is 22.8 Å². The third-order valence-corrected chi connectivity index (χ3v) is 1.89. The van der Waals surface area contributed by atoms with Crippen molar-refractivity contribution < 1.29 is 0 Å². The summed E-state index contributed by atoms with van der Waals surface area (Å²) in [6.07, 6.45) is 1.70. The Labute approximate surface area is 80.7 Å². The Bertz CT molecular complexity index is 273. The van der Waals surface area contributed by atoms with Crippen LogP contribution in [-0.2, 0) is 6.54 Å². The van der Waals surface area contributed by atoms with Crippen LogP contribution in [0.5, 0.6) is 0 Å². The molecule has 0 unspecified atom stereocenters. The summed E-state index contributed by atoms with van der Waals surface area (Å²) in [5.74, 6) is 0.604. The Morgan fingerprint density at radius 2 is 2.25 bits per heavy atom. The molecule has 3 nitrogen and oxygen atoms in total. The maximum atomic E-state index is 5.68. The van der Waals surface area contributed by atoms with Gasteiger partial charge in [0.15, 0.2) is 0 Å². The van der Waals surface area contributed by atoms with Gasteiger partial charge in [-0.05, 0) is 36.1 Å². The first-order valence-electron chi connectivity index (χ1n) is 3.64. The van der Waals surface area contributed by atoms with E-state index in [0.29, 0.717) is 5.82 Å². The first kappa shape index (κ1) is 9.48. The Morgan fingerprint density at radius 1 is 1.58 bits per heavy atom. The fourth-order valence-corrected chi connectivity index (χ4v) is 1.34. The van der Waals surface area contributed by atoms with Crippen molar-refractivity contribution in [1.82, 2.24) is 9.88 Å². The van der Waals surface area contributed by atoms with Gasteiger partial charge < -0.3 is 10.6 Å². The SMILES string of the molecule is CN(C)Cc1cc(Br)cnc1N. The van der Waals surface area contributed by atoms with Crippen LogP contribution >= 0.6 is 15.9 Å². The van der Waals surface area contributed by atoms with Gasteiger partial charge in [0.05, 0.1) is 0 Å². The standard InChI is InChI=1S/C8H12BrN3/c1-12(2)5-6-3-7(9)4-11-8(6)10/h3-4H,5H2,1-2H3,(H2,10,11). The molecule has 0 atom stereocenters. The molecule has 12 heavy (non-hydrogen) atoms. The van der Waals surface area contributed by atoms with Gasteiger partial charge in [0.25, 0.3) is 0 Å². The quantitative estimate of drug-likeness (QED) is 0.836. The van der Waals surface area contributed by atoms with E-state index in [9.17, 15) is 0 Å². The third-order valence-electron chi connectivity index (χ3n) is 1.45. The number of pyridine rings is 1. The van der Waals surface area contributed by atoms with E-state index >= 15 is 0 Å². The Kier molecular flexibility index (Phi) is 3.05. The van der Waals surface area contributed by atoms with Crippen molar-refractivity contribution in [3.8, 4) is 0 Å². The molecule has 2 N–H and O–H groups in total. The predicted octanol–water partition coefficient (Wildman–Crippen LogP) is 1.49. The highest BCUT2D eigenvalue weighted by molar-refractivity contribution is 9.10. The van der Waals surface area contributed by atoms with E-state index in [1.165, 1.54) is 0 Å². The molecule has 0 radical (unpaired) electrons. The molecule has 0 bridgehead atoms. The van der Waals surface area contributed by atoms with Crippen LogP contribution in [0, 0.1) is 0 Å². The minimum Gasteiger partial charge on any atom is -0.383 e. The second-order valence-electron chi connectivity index (χ2n) is 2.94. The maximum Gasteiger partial charge on any atom is 0.127 e. The van der Waals surface area contributed by atoms with Crippen molar-refractivity contribution in [2.24, 2.45) is 0 Å². The number of rotatable bonds is 2. The minimum absolute atomic E-state index is 0.604. The summed E-state index contributed by atoms with van der Waals surface area (Å²) in [6, 6.07) is 1.99. The van der Waals surface area contributed by atoms with Crippen molar-refractivity contribution in [2.75, 3.05) is 19.8 Å². The van der Waals surface area contributed by atoms with Crippen molar-refractivity contribution in [3.63, 3.8) is 0 Å². The van der Waals surface area contributed by atoms with E-state index < -0.39 is 0 Å². The first-order chi connectivity index (χ1) is 5.59. The highest BCUT2D eigenvalue weighted by Crippen LogP contribution is 2.16. The molecule has 66 valence electrons. The molecule has 1 heterocycles. The van der Waals surface area contributed by atoms with Crippen LogP contribution in [0.25, 0.3) is 0 Å². The largest absolute Gasteiger partial charge is 0.383 e. The van der Waals surface area contributed by atoms with Crippen LogP contribution in [0.3, 0.4) is 0 Å². The zero-order chi connectivity index (χ0) is 9.14. The molecule has 0 fully saturated rings. The van der Waals surface area contributed by atoms with E-state index in [0.717, 1.165) is 16.6 Å². The predicted molar refractivity (Wildman–Crippen MR) is 53.7 cm³/mol. The average molecular weight is 230 g/mol. The van der Waals surface area contributed by atoms with Crippen LogP contribution in [0.4, 0.5) is 5.82 Å². The second kappa shape index (κ2) is 3.87. The highest BCUT2D eigenvalue weighted by Gasteiger charge is 2.01. The van der Waals surface area contributed by atoms with Gasteiger partial charge in [0.1, 0.15) is 5.82 Å². The van der Waals surface area contributed by atoms with E-state index in [-0.39, 0.29) is 0 Å². The molecule has 0 amide bonds. The summed E-state index contributed by atoms with van der Waals surface area (Å²) in [5.41, 5.74) is 6.73. The fraction of sp³-hybridized carbons (Fsp3) is 0.375. The molecule has 0 aliphatic rings. The van der Waals surface area contributed by atoms with Gasteiger partial charge in [-0.3, -0.25) is 0 Å². The van der Waals surface area contributed by atoms with Crippen LogP contribution in [0.15, 0.2) is 16.7 Å². The van der Waals surface area contributed by atoms with E-state index in [1.807, 2.05) is 20.2 Å². The lowest BCUT2D eigenvalue weighted by Gasteiger charge is -2.11. The molecule has 4 heteroatoms. The highest BCUT2D eigenvalue weighted by atomic mass is 79.9.